The summed E-state index contributed by atoms with van der Waals surface area (Å²) in [6.45, 7) is 5.18. The molecule has 338 valence electrons. The average molecular weight is 878 g/mol. The summed E-state index contributed by atoms with van der Waals surface area (Å²) in [6.07, 6.45) is 0.519. The van der Waals surface area contributed by atoms with Crippen LogP contribution in [0.2, 0.25) is 0 Å². The number of phenolic OH excluding ortho intramolecular Hbond substituents is 1. The van der Waals surface area contributed by atoms with E-state index >= 15 is 0 Å². The molecule has 0 fully saturated rings. The molecule has 0 aliphatic heterocycles. The number of benzene rings is 4. The number of phenols is 1. The third-order valence-electron chi connectivity index (χ3n) is 10.4. The van der Waals surface area contributed by atoms with Gasteiger partial charge >= 0.3 is 12.1 Å². The van der Waals surface area contributed by atoms with E-state index < -0.39 is 71.9 Å². The molecule has 17 heteroatoms. The number of carbonyl (C=O) groups excluding carboxylic acids is 6. The Labute approximate surface area is 370 Å². The number of rotatable bonds is 20. The zero-order valence-electron chi connectivity index (χ0n) is 36.2. The average Bonchev–Trinajstić information content (AvgIpc) is 3.65. The van der Waals surface area contributed by atoms with Gasteiger partial charge in [-0.1, -0.05) is 60.7 Å². The van der Waals surface area contributed by atoms with Crippen LogP contribution in [0, 0.1) is 0 Å². The molecule has 1 aromatic heterocycles. The molecule has 0 radical (unpaired) electrons. The van der Waals surface area contributed by atoms with E-state index in [1.165, 1.54) is 13.1 Å². The van der Waals surface area contributed by atoms with Crippen LogP contribution in [0.4, 0.5) is 4.79 Å². The number of nitrogens with two attached hydrogens (primary N) is 1. The number of hydrogen-bond donors (Lipinski definition) is 8. The molecule has 17 nitrogen and oxygen atoms in total. The lowest BCUT2D eigenvalue weighted by molar-refractivity contribution is -0.147. The number of H-pyrrole nitrogens is 1. The lowest BCUT2D eigenvalue weighted by Crippen LogP contribution is -2.59. The summed E-state index contributed by atoms with van der Waals surface area (Å²) >= 11 is 0. The number of ether oxygens (including phenoxy) is 1. The molecule has 0 aliphatic rings. The van der Waals surface area contributed by atoms with Crippen molar-refractivity contribution >= 4 is 63.3 Å². The van der Waals surface area contributed by atoms with Crippen LogP contribution in [0.5, 0.6) is 5.75 Å². The molecular weight excluding hydrogens is 823 g/mol. The van der Waals surface area contributed by atoms with Gasteiger partial charge in [0.05, 0.1) is 6.42 Å². The molecule has 0 aliphatic carbocycles. The van der Waals surface area contributed by atoms with E-state index in [-0.39, 0.29) is 43.9 Å². The number of aromatic hydroxyl groups is 1. The molecule has 5 aromatic rings. The Morgan fingerprint density at radius 3 is 2.16 bits per heavy atom. The summed E-state index contributed by atoms with van der Waals surface area (Å²) in [5.41, 5.74) is 7.27. The Bertz CT molecular complexity index is 2480. The van der Waals surface area contributed by atoms with Gasteiger partial charge in [0.25, 0.3) is 5.91 Å². The van der Waals surface area contributed by atoms with E-state index in [0.717, 1.165) is 26.6 Å². The van der Waals surface area contributed by atoms with Gasteiger partial charge in [-0.25, -0.2) is 4.79 Å². The van der Waals surface area contributed by atoms with Crippen LogP contribution in [-0.2, 0) is 41.6 Å². The van der Waals surface area contributed by atoms with Crippen LogP contribution in [0.15, 0.2) is 97.2 Å². The number of primary amides is 1. The molecule has 0 bridgehead atoms. The van der Waals surface area contributed by atoms with E-state index in [9.17, 15) is 43.8 Å². The number of carboxylic acids is 1. The molecule has 4 aromatic carbocycles. The Hall–Kier alpha value is -7.43. The number of unbranched alkanes of at least 4 members (excludes halogenated alkanes) is 1. The highest BCUT2D eigenvalue weighted by Gasteiger charge is 2.36. The number of alkyl carbamates (subject to hydrolysis) is 1. The number of likely N-dealkylation sites (N-methyl/N-ethyl adjacent to an activating group) is 1. The summed E-state index contributed by atoms with van der Waals surface area (Å²) < 4.78 is 5.47. The number of hydrogen-bond acceptors (Lipinski definition) is 9. The maximum atomic E-state index is 14.5. The summed E-state index contributed by atoms with van der Waals surface area (Å²) in [5.74, 6) is -5.10. The van der Waals surface area contributed by atoms with Crippen molar-refractivity contribution in [3.05, 3.63) is 114 Å². The number of aliphatic carboxylic acids is 1. The lowest BCUT2D eigenvalue weighted by atomic mass is 10.0. The Kier molecular flexibility index (Phi) is 16.1. The number of carboxylic acid groups (broad SMARTS) is 1. The topological polar surface area (TPSA) is 262 Å². The van der Waals surface area contributed by atoms with Crippen molar-refractivity contribution in [2.24, 2.45) is 5.73 Å². The Morgan fingerprint density at radius 1 is 0.781 bits per heavy atom. The number of para-hydroxylation sites is 1. The lowest BCUT2D eigenvalue weighted by Gasteiger charge is -2.32. The predicted octanol–water partition coefficient (Wildman–Crippen LogP) is 4.06. The number of aromatic amines is 1. The predicted molar refractivity (Wildman–Crippen MR) is 239 cm³/mol. The largest absolute Gasteiger partial charge is 0.508 e. The molecular formula is C47H55N7O10. The first-order valence-corrected chi connectivity index (χ1v) is 20.9. The highest BCUT2D eigenvalue weighted by Crippen LogP contribution is 2.22. The minimum Gasteiger partial charge on any atom is -0.508 e. The summed E-state index contributed by atoms with van der Waals surface area (Å²) in [5, 5.41) is 32.7. The summed E-state index contributed by atoms with van der Waals surface area (Å²) in [7, 11) is 1.22. The van der Waals surface area contributed by atoms with Gasteiger partial charge in [0.2, 0.25) is 23.6 Å². The number of aromatic nitrogens is 1. The number of nitrogens with one attached hydrogen (secondary N) is 5. The van der Waals surface area contributed by atoms with Crippen LogP contribution < -0.4 is 27.0 Å². The maximum absolute atomic E-state index is 14.5. The Morgan fingerprint density at radius 2 is 1.45 bits per heavy atom. The van der Waals surface area contributed by atoms with Gasteiger partial charge < -0.3 is 51.8 Å². The van der Waals surface area contributed by atoms with E-state index in [2.05, 4.69) is 26.3 Å². The molecule has 6 amide bonds. The van der Waals surface area contributed by atoms with Crippen molar-refractivity contribution in [1.29, 1.82) is 0 Å². The third-order valence-corrected chi connectivity index (χ3v) is 10.4. The second-order valence-electron chi connectivity index (χ2n) is 16.5. The Balaban J connectivity index is 1.37. The number of carbonyl (C=O) groups is 7. The monoisotopic (exact) mass is 877 g/mol. The molecule has 64 heavy (non-hydrogen) atoms. The van der Waals surface area contributed by atoms with Crippen LogP contribution in [0.25, 0.3) is 21.7 Å². The van der Waals surface area contributed by atoms with E-state index in [1.807, 2.05) is 24.3 Å². The molecule has 1 heterocycles. The second-order valence-corrected chi connectivity index (χ2v) is 16.5. The van der Waals surface area contributed by atoms with Gasteiger partial charge in [0.15, 0.2) is 0 Å². The van der Waals surface area contributed by atoms with Gasteiger partial charge in [-0.2, -0.15) is 0 Å². The van der Waals surface area contributed by atoms with Crippen molar-refractivity contribution in [2.75, 3.05) is 13.6 Å². The van der Waals surface area contributed by atoms with E-state index in [1.54, 1.807) is 87.6 Å². The smallest absolute Gasteiger partial charge is 0.408 e. The first-order valence-electron chi connectivity index (χ1n) is 20.9. The zero-order valence-corrected chi connectivity index (χ0v) is 36.2. The van der Waals surface area contributed by atoms with Gasteiger partial charge in [0, 0.05) is 49.1 Å². The molecule has 0 spiro atoms. The first kappa shape index (κ1) is 47.6. The van der Waals surface area contributed by atoms with Crippen LogP contribution >= 0.6 is 0 Å². The minimum atomic E-state index is -1.64. The quantitative estimate of drug-likeness (QED) is 0.0520. The van der Waals surface area contributed by atoms with Crippen LogP contribution in [0.1, 0.15) is 67.9 Å². The fourth-order valence-corrected chi connectivity index (χ4v) is 7.17. The van der Waals surface area contributed by atoms with Crippen molar-refractivity contribution in [3.8, 4) is 5.75 Å². The molecule has 0 saturated heterocycles. The molecule has 0 saturated carbocycles. The van der Waals surface area contributed by atoms with Crippen molar-refractivity contribution in [3.63, 3.8) is 0 Å². The molecule has 5 rings (SSSR count). The van der Waals surface area contributed by atoms with Crippen LogP contribution in [-0.4, -0.2) is 105 Å². The van der Waals surface area contributed by atoms with Gasteiger partial charge in [-0.3, -0.25) is 28.8 Å². The van der Waals surface area contributed by atoms with Crippen molar-refractivity contribution in [1.82, 2.24) is 31.2 Å². The van der Waals surface area contributed by atoms with Crippen LogP contribution in [0.3, 0.4) is 0 Å². The molecule has 4 unspecified atom stereocenters. The minimum absolute atomic E-state index is 0.00245. The maximum Gasteiger partial charge on any atom is 0.408 e. The second kappa shape index (κ2) is 21.6. The zero-order chi connectivity index (χ0) is 46.6. The number of fused-ring (bicyclic) bond motifs is 2. The number of nitrogens with zero attached hydrogens (tertiary/aromatic N) is 1. The third kappa shape index (κ3) is 13.5. The highest BCUT2D eigenvalue weighted by atomic mass is 16.6. The summed E-state index contributed by atoms with van der Waals surface area (Å²) in [6, 6.07) is 20.4. The molecule has 4 atom stereocenters. The van der Waals surface area contributed by atoms with Crippen molar-refractivity contribution in [2.45, 2.75) is 89.1 Å². The highest BCUT2D eigenvalue weighted by molar-refractivity contribution is 5.99. The van der Waals surface area contributed by atoms with Gasteiger partial charge in [0.1, 0.15) is 35.5 Å². The van der Waals surface area contributed by atoms with Gasteiger partial charge in [-0.15, -0.1) is 0 Å². The fraction of sp³-hybridized carbons (Fsp3) is 0.340. The SMILES string of the molecule is CN(C(=O)C(CCCCNC(=O)c1ccc2cc(O)ccc2c1)NC(=O)C(Cc1c[nH]c2ccccc12)NC(=O)OC(C)(C)C)C(CC(=O)O)C(=O)NC(Cc1ccccc1)C(N)=O. The normalized spacial score (nSPS) is 13.2. The standard InChI is InChI=1S/C47H55N7O10/c1-47(2,3)64-46(63)53-38(25-32-27-50-35-15-9-8-14-34(32)35)43(60)51-36(16-10-11-21-49-42(59)31-18-17-30-24-33(55)20-19-29(30)23-31)45(62)54(4)39(26-40(56)57)44(61)52-37(41(48)58)22-28-12-6-5-7-13-28/h5-9,12-15,17-20,23-24,27,36-39,50,55H,10-11,16,21-22,25-26H2,1-4H3,(H2,48,58)(H,49,59)(H,51,60)(H,52,61)(H,53,63)(H,56,57). The first-order chi connectivity index (χ1) is 30.4. The van der Waals surface area contributed by atoms with Gasteiger partial charge in [-0.05, 0) is 92.3 Å². The number of amides is 6. The fourth-order valence-electron chi connectivity index (χ4n) is 7.17. The van der Waals surface area contributed by atoms with E-state index in [4.69, 9.17) is 10.5 Å². The molecule has 9 N–H and O–H groups in total. The van der Waals surface area contributed by atoms with E-state index in [0.29, 0.717) is 23.1 Å². The summed E-state index contributed by atoms with van der Waals surface area (Å²) in [4.78, 5) is 97.4. The van der Waals surface area contributed by atoms with Crippen molar-refractivity contribution < 1.29 is 48.5 Å².